The highest BCUT2D eigenvalue weighted by Crippen LogP contribution is 2.28. The largest absolute Gasteiger partial charge is 0.497 e. The molecule has 2 aromatic rings. The van der Waals surface area contributed by atoms with Crippen LogP contribution in [0.3, 0.4) is 0 Å². The van der Waals surface area contributed by atoms with Crippen LogP contribution in [0.4, 0.5) is 4.39 Å². The highest BCUT2D eigenvalue weighted by Gasteiger charge is 2.30. The van der Waals surface area contributed by atoms with E-state index in [4.69, 9.17) is 9.47 Å². The summed E-state index contributed by atoms with van der Waals surface area (Å²) >= 11 is 0. The topological polar surface area (TPSA) is 55.8 Å². The molecule has 3 rings (SSSR count). The van der Waals surface area contributed by atoms with E-state index >= 15 is 0 Å². The molecule has 0 aromatic heterocycles. The van der Waals surface area contributed by atoms with Crippen LogP contribution >= 0.6 is 0 Å². The predicted molar refractivity (Wildman–Crippen MR) is 101 cm³/mol. The van der Waals surface area contributed by atoms with Crippen molar-refractivity contribution in [3.8, 4) is 11.5 Å². The Morgan fingerprint density at radius 2 is 1.85 bits per heavy atom. The lowest BCUT2D eigenvalue weighted by atomic mass is 9.99. The number of sulfonamides is 1. The lowest BCUT2D eigenvalue weighted by Gasteiger charge is -2.31. The molecule has 5 nitrogen and oxygen atoms in total. The van der Waals surface area contributed by atoms with Crippen LogP contribution in [-0.4, -0.2) is 39.5 Å². The van der Waals surface area contributed by atoms with E-state index in [1.165, 1.54) is 10.4 Å². The molecule has 0 N–H and O–H groups in total. The van der Waals surface area contributed by atoms with E-state index in [1.807, 2.05) is 0 Å². The number of ether oxygens (including phenoxy) is 2. The molecule has 1 heterocycles. The molecule has 0 bridgehead atoms. The fraction of sp³-hybridized carbons (Fsp3) is 0.400. The first kappa shape index (κ1) is 19.6. The van der Waals surface area contributed by atoms with Gasteiger partial charge in [0.05, 0.1) is 18.6 Å². The monoisotopic (exact) mass is 393 g/mol. The van der Waals surface area contributed by atoms with Crippen LogP contribution in [0.5, 0.6) is 11.5 Å². The van der Waals surface area contributed by atoms with Crippen LogP contribution in [-0.2, 0) is 10.0 Å². The first-order valence-electron chi connectivity index (χ1n) is 8.94. The average Bonchev–Trinajstić information content (AvgIpc) is 2.67. The number of rotatable bonds is 6. The zero-order chi connectivity index (χ0) is 19.4. The van der Waals surface area contributed by atoms with Crippen LogP contribution in [0.2, 0.25) is 0 Å². The molecule has 0 saturated carbocycles. The van der Waals surface area contributed by atoms with Crippen molar-refractivity contribution in [2.24, 2.45) is 5.92 Å². The standard InChI is InChI=1S/C20H24FNO4S/c1-15-13-17(25-2)7-8-20(15)27(23,24)22-11-9-16(10-12-22)14-26-19-6-4-3-5-18(19)21/h3-8,13,16H,9-12,14H2,1-2H3. The number of para-hydroxylation sites is 1. The Morgan fingerprint density at radius 1 is 1.15 bits per heavy atom. The number of halogens is 1. The highest BCUT2D eigenvalue weighted by atomic mass is 32.2. The third-order valence-corrected chi connectivity index (χ3v) is 6.94. The number of nitrogens with zero attached hydrogens (tertiary/aromatic N) is 1. The summed E-state index contributed by atoms with van der Waals surface area (Å²) in [4.78, 5) is 0.310. The van der Waals surface area contributed by atoms with Gasteiger partial charge in [-0.25, -0.2) is 12.8 Å². The maximum atomic E-state index is 13.6. The molecule has 0 amide bonds. The second kappa shape index (κ2) is 8.27. The predicted octanol–water partition coefficient (Wildman–Crippen LogP) is 3.62. The van der Waals surface area contributed by atoms with Crippen LogP contribution in [0.1, 0.15) is 18.4 Å². The quantitative estimate of drug-likeness (QED) is 0.752. The molecule has 0 radical (unpaired) electrons. The van der Waals surface area contributed by atoms with Crippen LogP contribution in [0.25, 0.3) is 0 Å². The summed E-state index contributed by atoms with van der Waals surface area (Å²) in [5, 5.41) is 0. The maximum Gasteiger partial charge on any atom is 0.243 e. The molecule has 0 spiro atoms. The van der Waals surface area contributed by atoms with E-state index in [-0.39, 0.29) is 17.5 Å². The van der Waals surface area contributed by atoms with E-state index in [0.717, 1.165) is 0 Å². The van der Waals surface area contributed by atoms with E-state index < -0.39 is 10.0 Å². The molecule has 1 saturated heterocycles. The number of piperidine rings is 1. The molecule has 2 aromatic carbocycles. The van der Waals surface area contributed by atoms with Crippen molar-refractivity contribution >= 4 is 10.0 Å². The Morgan fingerprint density at radius 3 is 2.48 bits per heavy atom. The minimum Gasteiger partial charge on any atom is -0.497 e. The summed E-state index contributed by atoms with van der Waals surface area (Å²) in [6.07, 6.45) is 1.37. The van der Waals surface area contributed by atoms with Crippen molar-refractivity contribution in [1.29, 1.82) is 0 Å². The zero-order valence-corrected chi connectivity index (χ0v) is 16.3. The van der Waals surface area contributed by atoms with Gasteiger partial charge in [-0.15, -0.1) is 0 Å². The van der Waals surface area contributed by atoms with Crippen molar-refractivity contribution in [1.82, 2.24) is 4.31 Å². The third kappa shape index (κ3) is 4.42. The number of aryl methyl sites for hydroxylation is 1. The van der Waals surface area contributed by atoms with Gasteiger partial charge in [-0.1, -0.05) is 12.1 Å². The van der Waals surface area contributed by atoms with Crippen molar-refractivity contribution in [2.45, 2.75) is 24.7 Å². The molecule has 0 atom stereocenters. The molecule has 1 aliphatic heterocycles. The summed E-state index contributed by atoms with van der Waals surface area (Å²) < 4.78 is 51.7. The SMILES string of the molecule is COc1ccc(S(=O)(=O)N2CCC(COc3ccccc3F)CC2)c(C)c1. The second-order valence-corrected chi connectivity index (χ2v) is 8.63. The van der Waals surface area contributed by atoms with E-state index in [2.05, 4.69) is 0 Å². The average molecular weight is 393 g/mol. The first-order chi connectivity index (χ1) is 12.9. The Balaban J connectivity index is 1.60. The minimum atomic E-state index is -3.54. The van der Waals surface area contributed by atoms with Crippen molar-refractivity contribution < 1.29 is 22.3 Å². The summed E-state index contributed by atoms with van der Waals surface area (Å²) in [7, 11) is -1.99. The van der Waals surface area contributed by atoms with Crippen molar-refractivity contribution in [2.75, 3.05) is 26.8 Å². The van der Waals surface area contributed by atoms with Crippen molar-refractivity contribution in [3.05, 3.63) is 53.8 Å². The molecule has 0 aliphatic carbocycles. The third-order valence-electron chi connectivity index (χ3n) is 4.88. The first-order valence-corrected chi connectivity index (χ1v) is 10.4. The van der Waals surface area contributed by atoms with Gasteiger partial charge in [0.25, 0.3) is 0 Å². The van der Waals surface area contributed by atoms with Gasteiger partial charge in [0.1, 0.15) is 5.75 Å². The van der Waals surface area contributed by atoms with Gasteiger partial charge in [0.2, 0.25) is 10.0 Å². The molecule has 146 valence electrons. The maximum absolute atomic E-state index is 13.6. The number of hydrogen-bond acceptors (Lipinski definition) is 4. The molecular weight excluding hydrogens is 369 g/mol. The number of hydrogen-bond donors (Lipinski definition) is 0. The fourth-order valence-corrected chi connectivity index (χ4v) is 4.94. The van der Waals surface area contributed by atoms with Crippen LogP contribution in [0, 0.1) is 18.7 Å². The normalized spacial score (nSPS) is 16.3. The Bertz CT molecular complexity index is 893. The fourth-order valence-electron chi connectivity index (χ4n) is 3.26. The highest BCUT2D eigenvalue weighted by molar-refractivity contribution is 7.89. The van der Waals surface area contributed by atoms with E-state index in [9.17, 15) is 12.8 Å². The van der Waals surface area contributed by atoms with Gasteiger partial charge < -0.3 is 9.47 Å². The Kier molecular flexibility index (Phi) is 6.01. The van der Waals surface area contributed by atoms with Crippen LogP contribution < -0.4 is 9.47 Å². The van der Waals surface area contributed by atoms with Gasteiger partial charge in [-0.2, -0.15) is 4.31 Å². The van der Waals surface area contributed by atoms with Gasteiger partial charge in [0, 0.05) is 13.1 Å². The second-order valence-electron chi connectivity index (χ2n) is 6.72. The lowest BCUT2D eigenvalue weighted by Crippen LogP contribution is -2.39. The van der Waals surface area contributed by atoms with Gasteiger partial charge >= 0.3 is 0 Å². The summed E-state index contributed by atoms with van der Waals surface area (Å²) in [5.41, 5.74) is 0.666. The molecular formula is C20H24FNO4S. The van der Waals surface area contributed by atoms with E-state index in [1.54, 1.807) is 50.4 Å². The Labute approximate surface area is 159 Å². The molecule has 27 heavy (non-hydrogen) atoms. The van der Waals surface area contributed by atoms with Gasteiger partial charge in [-0.3, -0.25) is 0 Å². The lowest BCUT2D eigenvalue weighted by molar-refractivity contribution is 0.181. The number of methoxy groups -OCH3 is 1. The smallest absolute Gasteiger partial charge is 0.243 e. The van der Waals surface area contributed by atoms with Crippen molar-refractivity contribution in [3.63, 3.8) is 0 Å². The van der Waals surface area contributed by atoms with Gasteiger partial charge in [-0.05, 0) is 61.6 Å². The number of benzene rings is 2. The van der Waals surface area contributed by atoms with Gasteiger partial charge in [0.15, 0.2) is 11.6 Å². The Hall–Kier alpha value is -2.12. The van der Waals surface area contributed by atoms with Crippen LogP contribution in [0.15, 0.2) is 47.4 Å². The molecule has 7 heteroatoms. The zero-order valence-electron chi connectivity index (χ0n) is 15.5. The minimum absolute atomic E-state index is 0.202. The summed E-state index contributed by atoms with van der Waals surface area (Å²) in [6.45, 7) is 3.01. The molecule has 1 aliphatic rings. The molecule has 0 unspecified atom stereocenters. The molecule has 1 fully saturated rings. The summed E-state index contributed by atoms with van der Waals surface area (Å²) in [5.74, 6) is 0.692. The van der Waals surface area contributed by atoms with E-state index in [0.29, 0.717) is 48.7 Å². The summed E-state index contributed by atoms with van der Waals surface area (Å²) in [6, 6.07) is 11.3.